The molecule has 0 aliphatic carbocycles. The molecule has 0 heterocycles. The molecule has 21 heavy (non-hydrogen) atoms. The summed E-state index contributed by atoms with van der Waals surface area (Å²) in [7, 11) is -9.30. The van der Waals surface area contributed by atoms with E-state index in [0.29, 0.717) is 0 Å². The van der Waals surface area contributed by atoms with E-state index in [1.54, 1.807) is 0 Å². The molecule has 124 valence electrons. The van der Waals surface area contributed by atoms with E-state index >= 15 is 0 Å². The van der Waals surface area contributed by atoms with E-state index in [0.717, 1.165) is 0 Å². The van der Waals surface area contributed by atoms with E-state index < -0.39 is 49.9 Å². The third-order valence-corrected chi connectivity index (χ3v) is 35.4. The molecule has 0 fully saturated rings. The first-order valence-electron chi connectivity index (χ1n) is 6.50. The summed E-state index contributed by atoms with van der Waals surface area (Å²) in [6.45, 7) is 9.87. The smallest absolute Gasteiger partial charge is 0.453 e. The van der Waals surface area contributed by atoms with Gasteiger partial charge in [-0.2, -0.15) is 0 Å². The molecule has 0 aromatic carbocycles. The van der Waals surface area contributed by atoms with Gasteiger partial charge in [0.25, 0.3) is 0 Å². The van der Waals surface area contributed by atoms with Crippen molar-refractivity contribution in [2.75, 3.05) is 21.3 Å². The van der Waals surface area contributed by atoms with Gasteiger partial charge in [0.15, 0.2) is 8.32 Å². The predicted octanol–water partition coefficient (Wildman–Crippen LogP) is 0.0157. The molecule has 0 N–H and O–H groups in total. The molecule has 7 nitrogen and oxygen atoms in total. The summed E-state index contributed by atoms with van der Waals surface area (Å²) in [6.07, 6.45) is 0. The second-order valence-electron chi connectivity index (χ2n) is 5.88. The highest BCUT2D eigenvalue weighted by molar-refractivity contribution is 7.56. The van der Waals surface area contributed by atoms with Gasteiger partial charge in [-0.15, -0.1) is 0 Å². The summed E-state index contributed by atoms with van der Waals surface area (Å²) in [5.41, 5.74) is 0. The SMILES string of the molecule is CO[Si](OC)(OC)O[SiH2][Si](=O)[Si](=O)[Si](C)(C)O[Si](C)(C)C. The Labute approximate surface area is 134 Å². The molecule has 0 rings (SSSR count). The Kier molecular flexibility index (Phi) is 8.81. The van der Waals surface area contributed by atoms with Crippen molar-refractivity contribution in [3.63, 3.8) is 0 Å². The van der Waals surface area contributed by atoms with Crippen LogP contribution in [0.5, 0.6) is 0 Å². The Bertz CT molecular complexity index is 370. The van der Waals surface area contributed by atoms with Crippen molar-refractivity contribution in [3.8, 4) is 0 Å². The van der Waals surface area contributed by atoms with E-state index in [4.69, 9.17) is 21.5 Å². The molecule has 0 saturated heterocycles. The Hall–Kier alpha value is 0.701. The fraction of sp³-hybridized carbons (Fsp3) is 1.00. The topological polar surface area (TPSA) is 80.3 Å². The molecule has 0 saturated carbocycles. The lowest BCUT2D eigenvalue weighted by molar-refractivity contribution is 0.0534. The van der Waals surface area contributed by atoms with Gasteiger partial charge in [0.2, 0.25) is 17.1 Å². The lowest BCUT2D eigenvalue weighted by Gasteiger charge is -2.29. The lowest BCUT2D eigenvalue weighted by atomic mass is 11.8. The first-order valence-corrected chi connectivity index (χ1v) is 22.2. The van der Waals surface area contributed by atoms with Gasteiger partial charge in [0.1, 0.15) is 0 Å². The van der Waals surface area contributed by atoms with Gasteiger partial charge in [-0.25, -0.2) is 0 Å². The highest BCUT2D eigenvalue weighted by Crippen LogP contribution is 2.14. The van der Waals surface area contributed by atoms with E-state index in [1.807, 2.05) is 32.7 Å². The van der Waals surface area contributed by atoms with Crippen LogP contribution in [0.2, 0.25) is 32.7 Å². The van der Waals surface area contributed by atoms with E-state index in [1.165, 1.54) is 21.3 Å². The predicted molar refractivity (Wildman–Crippen MR) is 91.2 cm³/mol. The monoisotopic (exact) mass is 402 g/mol. The van der Waals surface area contributed by atoms with Crippen LogP contribution >= 0.6 is 0 Å². The quantitative estimate of drug-likeness (QED) is 0.476. The third kappa shape index (κ3) is 7.20. The van der Waals surface area contributed by atoms with Crippen LogP contribution in [-0.4, -0.2) is 71.2 Å². The molecular formula is C8H26O7Si6. The van der Waals surface area contributed by atoms with Gasteiger partial charge in [-0.1, -0.05) is 0 Å². The molecule has 0 unspecified atom stereocenters. The fourth-order valence-electron chi connectivity index (χ4n) is 1.79. The molecule has 0 aromatic rings. The second kappa shape index (κ2) is 8.52. The van der Waals surface area contributed by atoms with E-state index in [9.17, 15) is 8.92 Å². The Morgan fingerprint density at radius 2 is 1.29 bits per heavy atom. The van der Waals surface area contributed by atoms with Gasteiger partial charge in [0, 0.05) is 21.3 Å². The summed E-state index contributed by atoms with van der Waals surface area (Å²) in [4.78, 5) is 0. The first kappa shape index (κ1) is 21.7. The molecule has 0 spiro atoms. The van der Waals surface area contributed by atoms with Crippen molar-refractivity contribution in [2.24, 2.45) is 0 Å². The van der Waals surface area contributed by atoms with Gasteiger partial charge in [-0.3, -0.25) is 0 Å². The van der Waals surface area contributed by atoms with Crippen LogP contribution in [0, 0.1) is 0 Å². The zero-order valence-corrected chi connectivity index (χ0v) is 20.5. The maximum Gasteiger partial charge on any atom is 0.667 e. The third-order valence-electron chi connectivity index (χ3n) is 2.49. The van der Waals surface area contributed by atoms with Crippen molar-refractivity contribution in [3.05, 3.63) is 0 Å². The van der Waals surface area contributed by atoms with Crippen molar-refractivity contribution < 1.29 is 30.4 Å². The average molecular weight is 403 g/mol. The zero-order chi connectivity index (χ0) is 16.9. The summed E-state index contributed by atoms with van der Waals surface area (Å²) in [6, 6.07) is 0. The van der Waals surface area contributed by atoms with Crippen molar-refractivity contribution in [1.29, 1.82) is 0 Å². The summed E-state index contributed by atoms with van der Waals surface area (Å²) >= 11 is 0. The van der Waals surface area contributed by atoms with Crippen LogP contribution in [0.4, 0.5) is 0 Å². The first-order chi connectivity index (χ1) is 9.43. The maximum absolute atomic E-state index is 12.5. The normalized spacial score (nSPS) is 13.9. The summed E-state index contributed by atoms with van der Waals surface area (Å²) < 4.78 is 51.8. The minimum atomic E-state index is -3.18. The van der Waals surface area contributed by atoms with Crippen molar-refractivity contribution >= 4 is 49.9 Å². The Morgan fingerprint density at radius 1 is 0.857 bits per heavy atom. The minimum Gasteiger partial charge on any atom is -0.453 e. The molecule has 13 heteroatoms. The van der Waals surface area contributed by atoms with Crippen LogP contribution in [0.25, 0.3) is 0 Å². The van der Waals surface area contributed by atoms with Gasteiger partial charge in [0.05, 0.1) is 0 Å². The van der Waals surface area contributed by atoms with Crippen LogP contribution in [-0.2, 0) is 30.4 Å². The van der Waals surface area contributed by atoms with Crippen molar-refractivity contribution in [2.45, 2.75) is 32.7 Å². The molecular weight excluding hydrogens is 377 g/mol. The summed E-state index contributed by atoms with van der Waals surface area (Å²) in [5, 5.41) is 0. The van der Waals surface area contributed by atoms with Crippen LogP contribution < -0.4 is 0 Å². The van der Waals surface area contributed by atoms with E-state index in [-0.39, 0.29) is 0 Å². The number of hydrogen-bond donors (Lipinski definition) is 0. The van der Waals surface area contributed by atoms with Gasteiger partial charge < -0.3 is 30.4 Å². The highest BCUT2D eigenvalue weighted by Gasteiger charge is 2.47. The largest absolute Gasteiger partial charge is 0.667 e. The average Bonchev–Trinajstić information content (AvgIpc) is 2.37. The Morgan fingerprint density at radius 3 is 1.62 bits per heavy atom. The maximum atomic E-state index is 12.5. The standard InChI is InChI=1S/C8H26O7Si6/c1-11-21(12-2,13-3)14-16-17(9)18(10)20(7,8)15-19(4,5)6/h16H2,1-8H3. The minimum absolute atomic E-state index is 1.42. The second-order valence-corrected chi connectivity index (χ2v) is 33.5. The van der Waals surface area contributed by atoms with Gasteiger partial charge >= 0.3 is 24.5 Å². The molecule has 0 aliphatic heterocycles. The molecule has 0 aromatic heterocycles. The highest BCUT2D eigenvalue weighted by atomic mass is 29.8. The lowest BCUT2D eigenvalue weighted by Crippen LogP contribution is -2.57. The fourth-order valence-corrected chi connectivity index (χ4v) is 45.0. The molecule has 0 atom stereocenters. The molecule has 0 amide bonds. The zero-order valence-electron chi connectivity index (χ0n) is 14.1. The summed E-state index contributed by atoms with van der Waals surface area (Å²) in [5.74, 6) is 0. The van der Waals surface area contributed by atoms with Crippen LogP contribution in [0.15, 0.2) is 0 Å². The molecule has 0 radical (unpaired) electrons. The van der Waals surface area contributed by atoms with E-state index in [2.05, 4.69) is 0 Å². The van der Waals surface area contributed by atoms with Crippen molar-refractivity contribution in [1.82, 2.24) is 0 Å². The molecule has 0 bridgehead atoms. The van der Waals surface area contributed by atoms with Crippen LogP contribution in [0.3, 0.4) is 0 Å². The Balaban J connectivity index is 4.77. The number of hydrogen-bond acceptors (Lipinski definition) is 7. The number of rotatable bonds is 10. The molecule has 0 aliphatic rings. The van der Waals surface area contributed by atoms with Crippen LogP contribution in [0.1, 0.15) is 0 Å². The van der Waals surface area contributed by atoms with Gasteiger partial charge in [-0.05, 0) is 32.7 Å².